The average Bonchev–Trinajstić information content (AvgIpc) is 2.10. The predicted molar refractivity (Wildman–Crippen MR) is 53.6 cm³/mol. The van der Waals surface area contributed by atoms with E-state index in [2.05, 4.69) is 18.8 Å². The topological polar surface area (TPSA) is 38.3 Å². The van der Waals surface area contributed by atoms with Crippen LogP contribution in [0.5, 0.6) is 0 Å². The lowest BCUT2D eigenvalue weighted by atomic mass is 10.3. The first-order chi connectivity index (χ1) is 6.18. The number of ether oxygens (including phenoxy) is 1. The van der Waals surface area contributed by atoms with Crippen LogP contribution in [0.1, 0.15) is 26.7 Å². The Bertz CT molecular complexity index is 166. The highest BCUT2D eigenvalue weighted by Crippen LogP contribution is 1.94. The summed E-state index contributed by atoms with van der Waals surface area (Å²) in [6.45, 7) is 9.70. The Morgan fingerprint density at radius 1 is 1.46 bits per heavy atom. The second kappa shape index (κ2) is 7.80. The Kier molecular flexibility index (Phi) is 7.30. The molecule has 0 aliphatic heterocycles. The fourth-order valence-corrected chi connectivity index (χ4v) is 0.817. The zero-order valence-electron chi connectivity index (χ0n) is 8.56. The van der Waals surface area contributed by atoms with Crippen LogP contribution in [0, 0.1) is 0 Å². The van der Waals surface area contributed by atoms with Crippen LogP contribution in [0.15, 0.2) is 12.2 Å². The van der Waals surface area contributed by atoms with E-state index in [1.807, 2.05) is 0 Å². The first-order valence-electron chi connectivity index (χ1n) is 4.71. The summed E-state index contributed by atoms with van der Waals surface area (Å²) in [6, 6.07) is 0. The smallest absolute Gasteiger partial charge is 0.333 e. The van der Waals surface area contributed by atoms with E-state index in [1.54, 1.807) is 6.92 Å². The summed E-state index contributed by atoms with van der Waals surface area (Å²) >= 11 is 0. The molecule has 0 radical (unpaired) electrons. The minimum absolute atomic E-state index is 0.288. The molecule has 3 nitrogen and oxygen atoms in total. The molecule has 3 heteroatoms. The molecule has 0 heterocycles. The van der Waals surface area contributed by atoms with Crippen LogP contribution in [0.25, 0.3) is 0 Å². The quantitative estimate of drug-likeness (QED) is 0.371. The van der Waals surface area contributed by atoms with Crippen LogP contribution < -0.4 is 5.32 Å². The SMILES string of the molecule is C=C(C)C(=O)OCCCCNCC. The number of esters is 1. The molecule has 0 saturated heterocycles. The molecule has 0 atom stereocenters. The van der Waals surface area contributed by atoms with Gasteiger partial charge in [0.25, 0.3) is 0 Å². The van der Waals surface area contributed by atoms with Gasteiger partial charge in [-0.3, -0.25) is 0 Å². The van der Waals surface area contributed by atoms with Gasteiger partial charge in [0.15, 0.2) is 0 Å². The maximum Gasteiger partial charge on any atom is 0.333 e. The van der Waals surface area contributed by atoms with Crippen molar-refractivity contribution in [1.29, 1.82) is 0 Å². The van der Waals surface area contributed by atoms with Crippen LogP contribution >= 0.6 is 0 Å². The molecule has 0 spiro atoms. The third kappa shape index (κ3) is 7.53. The summed E-state index contributed by atoms with van der Waals surface area (Å²) in [4.78, 5) is 10.9. The Morgan fingerprint density at radius 2 is 2.15 bits per heavy atom. The van der Waals surface area contributed by atoms with Crippen molar-refractivity contribution in [3.8, 4) is 0 Å². The lowest BCUT2D eigenvalue weighted by molar-refractivity contribution is -0.139. The number of nitrogens with one attached hydrogen (secondary N) is 1. The molecule has 13 heavy (non-hydrogen) atoms. The Hall–Kier alpha value is -0.830. The molecule has 0 aromatic carbocycles. The van der Waals surface area contributed by atoms with E-state index in [9.17, 15) is 4.79 Å². The zero-order chi connectivity index (χ0) is 10.1. The van der Waals surface area contributed by atoms with Gasteiger partial charge >= 0.3 is 5.97 Å². The highest BCUT2D eigenvalue weighted by atomic mass is 16.5. The number of hydrogen-bond acceptors (Lipinski definition) is 3. The van der Waals surface area contributed by atoms with Crippen LogP contribution in [0.4, 0.5) is 0 Å². The molecule has 0 aliphatic rings. The molecule has 0 unspecified atom stereocenters. The summed E-state index contributed by atoms with van der Waals surface area (Å²) in [6.07, 6.45) is 1.95. The molecule has 76 valence electrons. The van der Waals surface area contributed by atoms with Gasteiger partial charge in [0.1, 0.15) is 0 Å². The summed E-state index contributed by atoms with van der Waals surface area (Å²) < 4.78 is 4.92. The molecule has 0 bridgehead atoms. The van der Waals surface area contributed by atoms with Gasteiger partial charge in [-0.1, -0.05) is 13.5 Å². The van der Waals surface area contributed by atoms with E-state index in [0.29, 0.717) is 12.2 Å². The molecule has 0 aliphatic carbocycles. The molecular formula is C10H19NO2. The zero-order valence-corrected chi connectivity index (χ0v) is 8.56. The van der Waals surface area contributed by atoms with E-state index in [1.165, 1.54) is 0 Å². The molecule has 0 saturated carbocycles. The second-order valence-corrected chi connectivity index (χ2v) is 2.98. The number of carbonyl (C=O) groups is 1. The summed E-state index contributed by atoms with van der Waals surface area (Å²) in [5, 5.41) is 3.20. The van der Waals surface area contributed by atoms with Crippen molar-refractivity contribution in [2.24, 2.45) is 0 Å². The molecule has 0 amide bonds. The van der Waals surface area contributed by atoms with Crippen molar-refractivity contribution in [2.45, 2.75) is 26.7 Å². The molecular weight excluding hydrogens is 166 g/mol. The van der Waals surface area contributed by atoms with Crippen LogP contribution in [0.3, 0.4) is 0 Å². The van der Waals surface area contributed by atoms with Crippen molar-refractivity contribution < 1.29 is 9.53 Å². The van der Waals surface area contributed by atoms with Gasteiger partial charge in [0.2, 0.25) is 0 Å². The first-order valence-corrected chi connectivity index (χ1v) is 4.71. The summed E-state index contributed by atoms with van der Waals surface area (Å²) in [5.41, 5.74) is 0.465. The van der Waals surface area contributed by atoms with Gasteiger partial charge in [-0.05, 0) is 32.9 Å². The number of unbranched alkanes of at least 4 members (excludes halogenated alkanes) is 1. The second-order valence-electron chi connectivity index (χ2n) is 2.98. The van der Waals surface area contributed by atoms with Crippen molar-refractivity contribution in [2.75, 3.05) is 19.7 Å². The maximum atomic E-state index is 10.9. The van der Waals surface area contributed by atoms with Gasteiger partial charge < -0.3 is 10.1 Å². The van der Waals surface area contributed by atoms with E-state index in [4.69, 9.17) is 4.74 Å². The largest absolute Gasteiger partial charge is 0.462 e. The van der Waals surface area contributed by atoms with Gasteiger partial charge in [-0.25, -0.2) is 4.79 Å². The van der Waals surface area contributed by atoms with Gasteiger partial charge in [0, 0.05) is 5.57 Å². The molecule has 0 aromatic rings. The van der Waals surface area contributed by atoms with Gasteiger partial charge in [0.05, 0.1) is 6.61 Å². The third-order valence-corrected chi connectivity index (χ3v) is 1.58. The standard InChI is InChI=1S/C10H19NO2/c1-4-11-7-5-6-8-13-10(12)9(2)3/h11H,2,4-8H2,1,3H3. The van der Waals surface area contributed by atoms with E-state index < -0.39 is 0 Å². The van der Waals surface area contributed by atoms with Crippen molar-refractivity contribution >= 4 is 5.97 Å². The lowest BCUT2D eigenvalue weighted by Crippen LogP contribution is -2.15. The fraction of sp³-hybridized carbons (Fsp3) is 0.700. The molecule has 1 N–H and O–H groups in total. The highest BCUT2D eigenvalue weighted by Gasteiger charge is 2.01. The lowest BCUT2D eigenvalue weighted by Gasteiger charge is -2.04. The Labute approximate surface area is 80.2 Å². The number of hydrogen-bond donors (Lipinski definition) is 1. The Morgan fingerprint density at radius 3 is 2.69 bits per heavy atom. The normalized spacial score (nSPS) is 9.69. The minimum atomic E-state index is -0.288. The highest BCUT2D eigenvalue weighted by molar-refractivity contribution is 5.86. The van der Waals surface area contributed by atoms with E-state index >= 15 is 0 Å². The van der Waals surface area contributed by atoms with E-state index in [-0.39, 0.29) is 5.97 Å². The van der Waals surface area contributed by atoms with Crippen molar-refractivity contribution in [1.82, 2.24) is 5.32 Å². The van der Waals surface area contributed by atoms with Crippen LogP contribution in [-0.4, -0.2) is 25.7 Å². The average molecular weight is 185 g/mol. The monoisotopic (exact) mass is 185 g/mol. The number of carbonyl (C=O) groups excluding carboxylic acids is 1. The fourth-order valence-electron chi connectivity index (χ4n) is 0.817. The van der Waals surface area contributed by atoms with E-state index in [0.717, 1.165) is 25.9 Å². The van der Waals surface area contributed by atoms with Crippen LogP contribution in [-0.2, 0) is 9.53 Å². The first kappa shape index (κ1) is 12.2. The van der Waals surface area contributed by atoms with Crippen LogP contribution in [0.2, 0.25) is 0 Å². The minimum Gasteiger partial charge on any atom is -0.462 e. The molecule has 0 aromatic heterocycles. The molecule has 0 rings (SSSR count). The van der Waals surface area contributed by atoms with Crippen molar-refractivity contribution in [3.63, 3.8) is 0 Å². The van der Waals surface area contributed by atoms with Crippen molar-refractivity contribution in [3.05, 3.63) is 12.2 Å². The number of rotatable bonds is 7. The predicted octanol–water partition coefficient (Wildman–Crippen LogP) is 1.50. The van der Waals surface area contributed by atoms with Gasteiger partial charge in [-0.2, -0.15) is 0 Å². The molecule has 0 fully saturated rings. The summed E-state index contributed by atoms with van der Waals surface area (Å²) in [5.74, 6) is -0.288. The summed E-state index contributed by atoms with van der Waals surface area (Å²) in [7, 11) is 0. The maximum absolute atomic E-state index is 10.9. The van der Waals surface area contributed by atoms with Gasteiger partial charge in [-0.15, -0.1) is 0 Å². The third-order valence-electron chi connectivity index (χ3n) is 1.58. The Balaban J connectivity index is 3.16.